The van der Waals surface area contributed by atoms with Crippen LogP contribution in [0.3, 0.4) is 0 Å². The number of para-hydroxylation sites is 1. The van der Waals surface area contributed by atoms with Crippen LogP contribution in [0.5, 0.6) is 0 Å². The number of rotatable bonds is 3. The standard InChI is InChI=1S/C22H31N5O2.2ClH/c1-14-13-26(17-11-15-5-3-6-16(12-17)25(15)2)9-10-27(14)22-24-20-18(21(23)28)7-4-8-19(20)29-22;;/h4,7-8,14-17H,3,5-6,9-13H2,1-2H3,(H2,23,28);2*1H. The molecule has 3 unspecified atom stereocenters. The van der Waals surface area contributed by atoms with E-state index >= 15 is 0 Å². The number of nitrogens with zero attached hydrogens (tertiary/aromatic N) is 4. The zero-order valence-electron chi connectivity index (χ0n) is 18.2. The first kappa shape index (κ1) is 24.1. The molecule has 3 aliphatic heterocycles. The van der Waals surface area contributed by atoms with Crippen molar-refractivity contribution in [2.75, 3.05) is 31.6 Å². The van der Waals surface area contributed by atoms with Gasteiger partial charge in [0.1, 0.15) is 5.52 Å². The minimum absolute atomic E-state index is 0. The van der Waals surface area contributed by atoms with Gasteiger partial charge in [0, 0.05) is 43.8 Å². The Labute approximate surface area is 196 Å². The molecule has 172 valence electrons. The maximum Gasteiger partial charge on any atom is 0.298 e. The van der Waals surface area contributed by atoms with Crippen molar-refractivity contribution < 1.29 is 9.21 Å². The molecule has 9 heteroatoms. The van der Waals surface area contributed by atoms with Gasteiger partial charge in [0.15, 0.2) is 5.58 Å². The monoisotopic (exact) mass is 469 g/mol. The zero-order valence-corrected chi connectivity index (χ0v) is 19.8. The summed E-state index contributed by atoms with van der Waals surface area (Å²) in [5, 5.41) is 0. The molecule has 31 heavy (non-hydrogen) atoms. The van der Waals surface area contributed by atoms with Gasteiger partial charge in [-0.1, -0.05) is 12.5 Å². The van der Waals surface area contributed by atoms with E-state index in [1.54, 1.807) is 12.1 Å². The molecule has 3 fully saturated rings. The molecular weight excluding hydrogens is 437 g/mol. The molecule has 1 aromatic carbocycles. The topological polar surface area (TPSA) is 78.8 Å². The van der Waals surface area contributed by atoms with Crippen molar-refractivity contribution in [1.29, 1.82) is 0 Å². The number of piperazine rings is 1. The van der Waals surface area contributed by atoms with Crippen LogP contribution in [0, 0.1) is 0 Å². The normalized spacial score (nSPS) is 29.3. The van der Waals surface area contributed by atoms with Crippen molar-refractivity contribution in [3.63, 3.8) is 0 Å². The average Bonchev–Trinajstić information content (AvgIpc) is 3.11. The fourth-order valence-electron chi connectivity index (χ4n) is 5.75. The van der Waals surface area contributed by atoms with Gasteiger partial charge < -0.3 is 20.0 Å². The van der Waals surface area contributed by atoms with Crippen LogP contribution in [0.25, 0.3) is 11.1 Å². The number of piperidine rings is 2. The maximum absolute atomic E-state index is 11.7. The van der Waals surface area contributed by atoms with E-state index in [9.17, 15) is 4.79 Å². The number of benzene rings is 1. The van der Waals surface area contributed by atoms with Gasteiger partial charge in [-0.2, -0.15) is 4.98 Å². The molecule has 4 heterocycles. The Balaban J connectivity index is 0.00000136. The van der Waals surface area contributed by atoms with Crippen LogP contribution in [0.15, 0.2) is 22.6 Å². The summed E-state index contributed by atoms with van der Waals surface area (Å²) in [6, 6.07) is 8.45. The molecule has 3 atom stereocenters. The Hall–Kier alpha value is -1.54. The molecule has 0 radical (unpaired) electrons. The number of halogens is 2. The molecule has 1 amide bonds. The summed E-state index contributed by atoms with van der Waals surface area (Å²) in [5.41, 5.74) is 7.10. The van der Waals surface area contributed by atoms with Gasteiger partial charge in [0.05, 0.1) is 5.56 Å². The van der Waals surface area contributed by atoms with Crippen LogP contribution in [-0.4, -0.2) is 71.5 Å². The Morgan fingerprint density at radius 1 is 1.13 bits per heavy atom. The van der Waals surface area contributed by atoms with Crippen LogP contribution in [0.2, 0.25) is 0 Å². The third-order valence-corrected chi connectivity index (χ3v) is 7.41. The van der Waals surface area contributed by atoms with Gasteiger partial charge in [-0.15, -0.1) is 24.8 Å². The van der Waals surface area contributed by atoms with E-state index < -0.39 is 5.91 Å². The predicted molar refractivity (Wildman–Crippen MR) is 128 cm³/mol. The number of anilines is 1. The van der Waals surface area contributed by atoms with Crippen LogP contribution in [0.4, 0.5) is 6.01 Å². The number of hydrogen-bond donors (Lipinski definition) is 1. The number of hydrogen-bond acceptors (Lipinski definition) is 6. The summed E-state index contributed by atoms with van der Waals surface area (Å²) >= 11 is 0. The van der Waals surface area contributed by atoms with Crippen LogP contribution < -0.4 is 10.6 Å². The number of amides is 1. The highest BCUT2D eigenvalue weighted by atomic mass is 35.5. The van der Waals surface area contributed by atoms with E-state index in [1.807, 2.05) is 6.07 Å². The highest BCUT2D eigenvalue weighted by molar-refractivity contribution is 6.03. The quantitative estimate of drug-likeness (QED) is 0.742. The molecule has 2 aromatic rings. The van der Waals surface area contributed by atoms with Gasteiger partial charge in [0.25, 0.3) is 11.9 Å². The Morgan fingerprint density at radius 2 is 1.84 bits per heavy atom. The first-order valence-corrected chi connectivity index (χ1v) is 10.9. The molecule has 0 spiro atoms. The third-order valence-electron chi connectivity index (χ3n) is 7.41. The van der Waals surface area contributed by atoms with Crippen LogP contribution in [-0.2, 0) is 0 Å². The lowest BCUT2D eigenvalue weighted by molar-refractivity contribution is 0.00375. The van der Waals surface area contributed by atoms with E-state index in [0.29, 0.717) is 34.8 Å². The van der Waals surface area contributed by atoms with Crippen molar-refractivity contribution in [2.45, 2.75) is 63.2 Å². The molecule has 7 nitrogen and oxygen atoms in total. The minimum atomic E-state index is -0.471. The van der Waals surface area contributed by atoms with Crippen molar-refractivity contribution >= 4 is 47.8 Å². The van der Waals surface area contributed by atoms with Gasteiger partial charge in [-0.25, -0.2) is 0 Å². The molecule has 3 aliphatic rings. The van der Waals surface area contributed by atoms with Crippen molar-refractivity contribution in [3.8, 4) is 0 Å². The van der Waals surface area contributed by atoms with Crippen LogP contribution >= 0.6 is 24.8 Å². The molecule has 2 N–H and O–H groups in total. The molecule has 1 aromatic heterocycles. The first-order chi connectivity index (χ1) is 14.0. The van der Waals surface area contributed by atoms with E-state index in [-0.39, 0.29) is 24.8 Å². The predicted octanol–water partition coefficient (Wildman–Crippen LogP) is 3.30. The fraction of sp³-hybridized carbons (Fsp3) is 0.636. The van der Waals surface area contributed by atoms with Gasteiger partial charge in [-0.3, -0.25) is 9.69 Å². The summed E-state index contributed by atoms with van der Waals surface area (Å²) in [5.74, 6) is -0.471. The second-order valence-corrected chi connectivity index (χ2v) is 9.08. The van der Waals surface area contributed by atoms with Gasteiger partial charge in [0.2, 0.25) is 0 Å². The second kappa shape index (κ2) is 9.53. The highest BCUT2D eigenvalue weighted by Crippen LogP contribution is 2.36. The van der Waals surface area contributed by atoms with E-state index in [1.165, 1.54) is 32.1 Å². The third kappa shape index (κ3) is 4.38. The number of carbonyl (C=O) groups excluding carboxylic acids is 1. The molecule has 0 saturated carbocycles. The zero-order chi connectivity index (χ0) is 20.1. The molecule has 0 aliphatic carbocycles. The van der Waals surface area contributed by atoms with E-state index in [4.69, 9.17) is 10.2 Å². The van der Waals surface area contributed by atoms with Crippen LogP contribution in [0.1, 0.15) is 49.4 Å². The summed E-state index contributed by atoms with van der Waals surface area (Å²) in [7, 11) is 2.32. The Kier molecular flexibility index (Phi) is 7.41. The second-order valence-electron chi connectivity index (χ2n) is 9.08. The van der Waals surface area contributed by atoms with Crippen molar-refractivity contribution in [2.24, 2.45) is 5.73 Å². The van der Waals surface area contributed by atoms with E-state index in [2.05, 4.69) is 33.7 Å². The summed E-state index contributed by atoms with van der Waals surface area (Å²) in [4.78, 5) is 23.9. The van der Waals surface area contributed by atoms with Gasteiger partial charge >= 0.3 is 0 Å². The summed E-state index contributed by atoms with van der Waals surface area (Å²) in [6.45, 7) is 5.18. The number of aromatic nitrogens is 1. The molecule has 3 saturated heterocycles. The number of oxazole rings is 1. The molecule has 2 bridgehead atoms. The number of primary amides is 1. The average molecular weight is 470 g/mol. The largest absolute Gasteiger partial charge is 0.423 e. The Bertz CT molecular complexity index is 908. The number of nitrogens with two attached hydrogens (primary N) is 1. The summed E-state index contributed by atoms with van der Waals surface area (Å²) in [6.07, 6.45) is 6.69. The highest BCUT2D eigenvalue weighted by Gasteiger charge is 2.40. The molecule has 5 rings (SSSR count). The van der Waals surface area contributed by atoms with Gasteiger partial charge in [-0.05, 0) is 51.8 Å². The maximum atomic E-state index is 11.7. The lowest BCUT2D eigenvalue weighted by atomic mass is 9.81. The van der Waals surface area contributed by atoms with Crippen molar-refractivity contribution in [3.05, 3.63) is 23.8 Å². The summed E-state index contributed by atoms with van der Waals surface area (Å²) < 4.78 is 6.01. The fourth-order valence-corrected chi connectivity index (χ4v) is 5.75. The number of fused-ring (bicyclic) bond motifs is 3. The molecular formula is C22H33Cl2N5O2. The lowest BCUT2D eigenvalue weighted by Crippen LogP contribution is -2.60. The van der Waals surface area contributed by atoms with Crippen molar-refractivity contribution in [1.82, 2.24) is 14.8 Å². The lowest BCUT2D eigenvalue weighted by Gasteiger charge is -2.51. The number of carbonyl (C=O) groups is 1. The minimum Gasteiger partial charge on any atom is -0.423 e. The first-order valence-electron chi connectivity index (χ1n) is 10.9. The Morgan fingerprint density at radius 3 is 2.48 bits per heavy atom. The van der Waals surface area contributed by atoms with E-state index in [0.717, 1.165) is 31.7 Å². The SMILES string of the molecule is CC1CN(C2CC3CCCC(C2)N3C)CCN1c1nc2c(C(N)=O)cccc2o1.Cl.Cl. The smallest absolute Gasteiger partial charge is 0.298 e.